The zero-order valence-electron chi connectivity index (χ0n) is 19.7. The molecule has 0 aromatic carbocycles. The standard InChI is InChI=1S/C23H42N4O3.HI/c1-4-24-22(25-18-23(12-6-7-13-23)21(28)26(2)3)27-14-10-19(11-15-27)30-17-20-9-5-8-16-29-20;/h19-20H,4-18H2,1-3H3,(H,24,25);1H. The third-order valence-electron chi connectivity index (χ3n) is 6.82. The summed E-state index contributed by atoms with van der Waals surface area (Å²) in [5, 5.41) is 3.45. The quantitative estimate of drug-likeness (QED) is 0.300. The zero-order valence-corrected chi connectivity index (χ0v) is 22.1. The molecule has 3 aliphatic rings. The molecule has 2 saturated heterocycles. The number of guanidine groups is 1. The molecular formula is C23H43IN4O3. The number of carbonyl (C=O) groups is 1. The van der Waals surface area contributed by atoms with E-state index in [-0.39, 0.29) is 41.4 Å². The van der Waals surface area contributed by atoms with Crippen LogP contribution in [0, 0.1) is 5.41 Å². The molecule has 2 heterocycles. The van der Waals surface area contributed by atoms with Gasteiger partial charge in [0.1, 0.15) is 0 Å². The summed E-state index contributed by atoms with van der Waals surface area (Å²) in [4.78, 5) is 21.9. The second kappa shape index (κ2) is 13.2. The summed E-state index contributed by atoms with van der Waals surface area (Å²) in [6.45, 7) is 7.02. The fourth-order valence-electron chi connectivity index (χ4n) is 5.03. The number of likely N-dealkylation sites (tertiary alicyclic amines) is 1. The maximum absolute atomic E-state index is 12.9. The van der Waals surface area contributed by atoms with Crippen LogP contribution < -0.4 is 5.32 Å². The second-order valence-electron chi connectivity index (χ2n) is 9.37. The molecule has 0 aromatic heterocycles. The predicted molar refractivity (Wildman–Crippen MR) is 135 cm³/mol. The summed E-state index contributed by atoms with van der Waals surface area (Å²) in [6.07, 6.45) is 10.3. The Bertz CT molecular complexity index is 567. The Kier molecular flexibility index (Phi) is 11.3. The van der Waals surface area contributed by atoms with Crippen molar-refractivity contribution >= 4 is 35.8 Å². The Morgan fingerprint density at radius 2 is 1.87 bits per heavy atom. The molecule has 0 spiro atoms. The van der Waals surface area contributed by atoms with Crippen LogP contribution in [0.3, 0.4) is 0 Å². The summed E-state index contributed by atoms with van der Waals surface area (Å²) in [5.74, 6) is 1.18. The molecule has 180 valence electrons. The van der Waals surface area contributed by atoms with Crippen molar-refractivity contribution in [2.24, 2.45) is 10.4 Å². The van der Waals surface area contributed by atoms with Crippen LogP contribution in [0.25, 0.3) is 0 Å². The molecule has 0 aromatic rings. The maximum Gasteiger partial charge on any atom is 0.230 e. The maximum atomic E-state index is 12.9. The first-order chi connectivity index (χ1) is 14.5. The van der Waals surface area contributed by atoms with Crippen LogP contribution in [0.5, 0.6) is 0 Å². The average Bonchev–Trinajstić information content (AvgIpc) is 3.26. The number of hydrogen-bond acceptors (Lipinski definition) is 4. The number of piperidine rings is 1. The number of amides is 1. The first kappa shape index (κ1) is 26.6. The Morgan fingerprint density at radius 3 is 2.45 bits per heavy atom. The van der Waals surface area contributed by atoms with E-state index >= 15 is 0 Å². The molecule has 1 aliphatic carbocycles. The first-order valence-electron chi connectivity index (χ1n) is 12.0. The van der Waals surface area contributed by atoms with Gasteiger partial charge in [0.05, 0.1) is 30.8 Å². The highest BCUT2D eigenvalue weighted by Crippen LogP contribution is 2.39. The first-order valence-corrected chi connectivity index (χ1v) is 12.0. The van der Waals surface area contributed by atoms with Gasteiger partial charge in [-0.15, -0.1) is 24.0 Å². The molecule has 3 rings (SSSR count). The van der Waals surface area contributed by atoms with Gasteiger partial charge in [-0.05, 0) is 51.9 Å². The van der Waals surface area contributed by atoms with Crippen molar-refractivity contribution in [3.05, 3.63) is 0 Å². The van der Waals surface area contributed by atoms with E-state index in [0.29, 0.717) is 12.6 Å². The molecule has 2 aliphatic heterocycles. The lowest BCUT2D eigenvalue weighted by molar-refractivity contribution is -0.138. The van der Waals surface area contributed by atoms with Gasteiger partial charge in [-0.1, -0.05) is 12.8 Å². The average molecular weight is 551 g/mol. The topological polar surface area (TPSA) is 66.4 Å². The number of nitrogens with one attached hydrogen (secondary N) is 1. The number of hydrogen-bond donors (Lipinski definition) is 1. The molecule has 1 unspecified atom stereocenters. The van der Waals surface area contributed by atoms with Crippen LogP contribution in [-0.2, 0) is 14.3 Å². The van der Waals surface area contributed by atoms with E-state index in [4.69, 9.17) is 14.5 Å². The van der Waals surface area contributed by atoms with Gasteiger partial charge in [-0.3, -0.25) is 9.79 Å². The minimum Gasteiger partial charge on any atom is -0.376 e. The summed E-state index contributed by atoms with van der Waals surface area (Å²) in [7, 11) is 3.72. The number of ether oxygens (including phenoxy) is 2. The monoisotopic (exact) mass is 550 g/mol. The SMILES string of the molecule is CCNC(=NCC1(C(=O)N(C)C)CCCC1)N1CCC(OCC2CCCCO2)CC1.I. The summed E-state index contributed by atoms with van der Waals surface area (Å²) in [6, 6.07) is 0. The van der Waals surface area contributed by atoms with Gasteiger partial charge in [0.25, 0.3) is 0 Å². The lowest BCUT2D eigenvalue weighted by atomic mass is 9.85. The number of nitrogens with zero attached hydrogens (tertiary/aromatic N) is 3. The largest absolute Gasteiger partial charge is 0.376 e. The van der Waals surface area contributed by atoms with Crippen molar-refractivity contribution in [3.8, 4) is 0 Å². The number of carbonyl (C=O) groups excluding carboxylic acids is 1. The highest BCUT2D eigenvalue weighted by molar-refractivity contribution is 14.0. The minimum atomic E-state index is -0.314. The highest BCUT2D eigenvalue weighted by atomic mass is 127. The van der Waals surface area contributed by atoms with Crippen LogP contribution in [0.1, 0.15) is 64.7 Å². The predicted octanol–water partition coefficient (Wildman–Crippen LogP) is 3.27. The third-order valence-corrected chi connectivity index (χ3v) is 6.82. The van der Waals surface area contributed by atoms with E-state index in [1.807, 2.05) is 14.1 Å². The van der Waals surface area contributed by atoms with E-state index in [9.17, 15) is 4.79 Å². The Hall–Kier alpha value is -0.610. The summed E-state index contributed by atoms with van der Waals surface area (Å²) in [5.41, 5.74) is -0.314. The molecule has 31 heavy (non-hydrogen) atoms. The summed E-state index contributed by atoms with van der Waals surface area (Å²) >= 11 is 0. The van der Waals surface area contributed by atoms with Crippen LogP contribution in [0.2, 0.25) is 0 Å². The molecule has 1 N–H and O–H groups in total. The molecule has 0 radical (unpaired) electrons. The van der Waals surface area contributed by atoms with Crippen molar-refractivity contribution in [1.29, 1.82) is 0 Å². The molecule has 7 nitrogen and oxygen atoms in total. The molecule has 1 saturated carbocycles. The zero-order chi connectivity index (χ0) is 21.4. The lowest BCUT2D eigenvalue weighted by Gasteiger charge is -2.36. The van der Waals surface area contributed by atoms with Crippen molar-refractivity contribution in [3.63, 3.8) is 0 Å². The van der Waals surface area contributed by atoms with Crippen LogP contribution in [0.15, 0.2) is 4.99 Å². The fourth-order valence-corrected chi connectivity index (χ4v) is 5.03. The number of rotatable bonds is 7. The molecule has 3 fully saturated rings. The van der Waals surface area contributed by atoms with Gasteiger partial charge < -0.3 is 24.6 Å². The lowest BCUT2D eigenvalue weighted by Crippen LogP contribution is -2.48. The van der Waals surface area contributed by atoms with Crippen molar-refractivity contribution in [2.75, 3.05) is 53.5 Å². The van der Waals surface area contributed by atoms with Gasteiger partial charge in [-0.25, -0.2) is 0 Å². The van der Waals surface area contributed by atoms with E-state index in [1.165, 1.54) is 12.8 Å². The fraction of sp³-hybridized carbons (Fsp3) is 0.913. The van der Waals surface area contributed by atoms with Crippen molar-refractivity contribution < 1.29 is 14.3 Å². The molecule has 8 heteroatoms. The normalized spacial score (nSPS) is 24.5. The van der Waals surface area contributed by atoms with Crippen LogP contribution in [0.4, 0.5) is 0 Å². The van der Waals surface area contributed by atoms with Gasteiger partial charge in [-0.2, -0.15) is 0 Å². The number of halogens is 1. The molecule has 1 atom stereocenters. The van der Waals surface area contributed by atoms with Gasteiger partial charge >= 0.3 is 0 Å². The Morgan fingerprint density at radius 1 is 1.16 bits per heavy atom. The number of aliphatic imine (C=N–C) groups is 1. The van der Waals surface area contributed by atoms with E-state index < -0.39 is 0 Å². The smallest absolute Gasteiger partial charge is 0.230 e. The van der Waals surface area contributed by atoms with Crippen LogP contribution in [-0.4, -0.2) is 87.4 Å². The van der Waals surface area contributed by atoms with Gasteiger partial charge in [0.2, 0.25) is 5.91 Å². The van der Waals surface area contributed by atoms with Crippen molar-refractivity contribution in [2.45, 2.75) is 76.9 Å². The van der Waals surface area contributed by atoms with Gasteiger partial charge in [0, 0.05) is 40.3 Å². The Balaban J connectivity index is 0.00000341. The summed E-state index contributed by atoms with van der Waals surface area (Å²) < 4.78 is 12.0. The van der Waals surface area contributed by atoms with Crippen LogP contribution >= 0.6 is 24.0 Å². The second-order valence-corrected chi connectivity index (χ2v) is 9.37. The molecule has 1 amide bonds. The third kappa shape index (κ3) is 7.45. The minimum absolute atomic E-state index is 0. The van der Waals surface area contributed by atoms with Crippen molar-refractivity contribution in [1.82, 2.24) is 15.1 Å². The van der Waals surface area contributed by atoms with E-state index in [1.54, 1.807) is 4.90 Å². The van der Waals surface area contributed by atoms with E-state index in [0.717, 1.165) is 83.8 Å². The Labute approximate surface area is 205 Å². The van der Waals surface area contributed by atoms with E-state index in [2.05, 4.69) is 17.1 Å². The molecule has 0 bridgehead atoms. The van der Waals surface area contributed by atoms with Gasteiger partial charge in [0.15, 0.2) is 5.96 Å². The molecular weight excluding hydrogens is 507 g/mol. The highest BCUT2D eigenvalue weighted by Gasteiger charge is 2.42.